The summed E-state index contributed by atoms with van der Waals surface area (Å²) in [5.41, 5.74) is 11.5. The maximum Gasteiger partial charge on any atom is 0.328 e. The lowest BCUT2D eigenvalue weighted by Crippen LogP contribution is -2.44. The molecule has 1 aromatic rings. The van der Waals surface area contributed by atoms with E-state index < -0.39 is 71.2 Å². The number of imide groups is 6. The molecule has 5 rings (SSSR count). The number of rotatable bonds is 3. The highest BCUT2D eigenvalue weighted by atomic mass is 16.5. The second-order valence-corrected chi connectivity index (χ2v) is 9.35. The van der Waals surface area contributed by atoms with Crippen molar-refractivity contribution < 1.29 is 38.6 Å². The molecular weight excluding hydrogens is 472 g/mol. The number of primary amides is 2. The van der Waals surface area contributed by atoms with Crippen molar-refractivity contribution in [1.29, 1.82) is 0 Å². The first-order valence-electron chi connectivity index (χ1n) is 11.6. The van der Waals surface area contributed by atoms with E-state index in [9.17, 15) is 33.9 Å². The fourth-order valence-corrected chi connectivity index (χ4v) is 6.43. The van der Waals surface area contributed by atoms with E-state index in [0.717, 1.165) is 0 Å². The number of fused-ring (bicyclic) bond motifs is 4. The van der Waals surface area contributed by atoms with Gasteiger partial charge in [-0.3, -0.25) is 19.2 Å². The van der Waals surface area contributed by atoms with E-state index in [1.54, 1.807) is 31.2 Å². The zero-order valence-corrected chi connectivity index (χ0v) is 19.2. The monoisotopic (exact) mass is 496 g/mol. The van der Waals surface area contributed by atoms with Gasteiger partial charge in [-0.2, -0.15) is 9.80 Å². The second-order valence-electron chi connectivity index (χ2n) is 9.35. The molecule has 3 fully saturated rings. The molecule has 5 N–H and O–H groups in total. The lowest BCUT2D eigenvalue weighted by molar-refractivity contribution is -0.138. The number of carbonyl (C=O) groups is 6. The second kappa shape index (κ2) is 8.18. The summed E-state index contributed by atoms with van der Waals surface area (Å²) in [6, 6.07) is 2.35. The van der Waals surface area contributed by atoms with E-state index >= 15 is 0 Å². The molecule has 2 aliphatic carbocycles. The number of benzene rings is 1. The number of amides is 8. The molecule has 8 amide bonds. The standard InChI is InChI=1S/C24H24N4O8/c1-2-36-14-5-3-4-10(18(14)29)15-9-6-7-11-16(21(32)27(19(11)30)23(25)34)12(9)8-13-17(15)22(33)28(20(13)31)24(26)35/h3-6,11-13,15-17,29H,2,7-8H2,1H3,(H2,25,34)(H2,26,35)/t11-,12+,13+,15+,16-,17+/m0/s1. The molecule has 12 heteroatoms. The Morgan fingerprint density at radius 1 is 0.944 bits per heavy atom. The van der Waals surface area contributed by atoms with Gasteiger partial charge in [0.05, 0.1) is 30.3 Å². The van der Waals surface area contributed by atoms with Gasteiger partial charge >= 0.3 is 12.1 Å². The van der Waals surface area contributed by atoms with Crippen molar-refractivity contribution in [3.05, 3.63) is 35.4 Å². The molecular formula is C24H24N4O8. The maximum absolute atomic E-state index is 13.3. The van der Waals surface area contributed by atoms with Gasteiger partial charge in [-0.05, 0) is 31.7 Å². The number of likely N-dealkylation sites (tertiary alicyclic amines) is 2. The van der Waals surface area contributed by atoms with Crippen LogP contribution in [0.15, 0.2) is 29.8 Å². The Bertz CT molecular complexity index is 1270. The summed E-state index contributed by atoms with van der Waals surface area (Å²) >= 11 is 0. The average Bonchev–Trinajstić information content (AvgIpc) is 3.23. The number of allylic oxidation sites excluding steroid dienone is 2. The molecule has 1 saturated carbocycles. The summed E-state index contributed by atoms with van der Waals surface area (Å²) in [6.45, 7) is 1.99. The van der Waals surface area contributed by atoms with Crippen molar-refractivity contribution in [2.45, 2.75) is 25.7 Å². The van der Waals surface area contributed by atoms with E-state index in [4.69, 9.17) is 16.2 Å². The van der Waals surface area contributed by atoms with Gasteiger partial charge in [0.2, 0.25) is 23.6 Å². The third-order valence-electron chi connectivity index (χ3n) is 7.75. The zero-order chi connectivity index (χ0) is 26.0. The van der Waals surface area contributed by atoms with E-state index in [2.05, 4.69) is 0 Å². The van der Waals surface area contributed by atoms with Crippen LogP contribution in [0.3, 0.4) is 0 Å². The maximum atomic E-state index is 13.3. The highest BCUT2D eigenvalue weighted by Crippen LogP contribution is 2.59. The summed E-state index contributed by atoms with van der Waals surface area (Å²) in [5, 5.41) is 11.1. The first-order valence-corrected chi connectivity index (χ1v) is 11.6. The first kappa shape index (κ1) is 23.5. The number of carbonyl (C=O) groups excluding carboxylic acids is 6. The summed E-state index contributed by atoms with van der Waals surface area (Å²) < 4.78 is 5.50. The molecule has 0 bridgehead atoms. The molecule has 1 aromatic carbocycles. The summed E-state index contributed by atoms with van der Waals surface area (Å²) in [5.74, 6) is -8.67. The summed E-state index contributed by atoms with van der Waals surface area (Å²) in [6.07, 6.45) is 1.81. The number of phenolic OH excluding ortho intramolecular Hbond substituents is 1. The molecule has 0 spiro atoms. The number of hydrogen-bond acceptors (Lipinski definition) is 8. The molecule has 2 saturated heterocycles. The third-order valence-corrected chi connectivity index (χ3v) is 7.75. The highest BCUT2D eigenvalue weighted by Gasteiger charge is 2.63. The van der Waals surface area contributed by atoms with Crippen LogP contribution in [0.1, 0.15) is 31.2 Å². The zero-order valence-electron chi connectivity index (χ0n) is 19.2. The fourth-order valence-electron chi connectivity index (χ4n) is 6.43. The molecule has 12 nitrogen and oxygen atoms in total. The quantitative estimate of drug-likeness (QED) is 0.400. The first-order chi connectivity index (χ1) is 17.1. The summed E-state index contributed by atoms with van der Waals surface area (Å²) in [4.78, 5) is 77.1. The Balaban J connectivity index is 1.68. The minimum Gasteiger partial charge on any atom is -0.504 e. The van der Waals surface area contributed by atoms with Crippen LogP contribution in [0, 0.1) is 29.6 Å². The van der Waals surface area contributed by atoms with E-state index in [1.807, 2.05) is 0 Å². The fraction of sp³-hybridized carbons (Fsp3) is 0.417. The normalized spacial score (nSPS) is 31.1. The van der Waals surface area contributed by atoms with E-state index in [0.29, 0.717) is 15.4 Å². The molecule has 0 radical (unpaired) electrons. The van der Waals surface area contributed by atoms with Crippen LogP contribution in [0.5, 0.6) is 11.5 Å². The Morgan fingerprint density at radius 2 is 1.56 bits per heavy atom. The van der Waals surface area contributed by atoms with Crippen LogP contribution in [0.25, 0.3) is 0 Å². The number of ether oxygens (including phenoxy) is 1. The van der Waals surface area contributed by atoms with Crippen molar-refractivity contribution in [3.8, 4) is 11.5 Å². The number of nitrogens with two attached hydrogens (primary N) is 2. The predicted octanol–water partition coefficient (Wildman–Crippen LogP) is 0.584. The minimum atomic E-state index is -1.22. The van der Waals surface area contributed by atoms with Crippen LogP contribution in [0.2, 0.25) is 0 Å². The summed E-state index contributed by atoms with van der Waals surface area (Å²) in [7, 11) is 0. The van der Waals surface area contributed by atoms with Crippen molar-refractivity contribution in [3.63, 3.8) is 0 Å². The van der Waals surface area contributed by atoms with Crippen molar-refractivity contribution in [2.75, 3.05) is 6.61 Å². The number of urea groups is 2. The van der Waals surface area contributed by atoms with Crippen molar-refractivity contribution in [1.82, 2.24) is 9.80 Å². The topological polar surface area (TPSA) is 190 Å². The van der Waals surface area contributed by atoms with Gasteiger partial charge < -0.3 is 21.3 Å². The van der Waals surface area contributed by atoms with Gasteiger partial charge in [-0.25, -0.2) is 9.59 Å². The molecule has 0 aromatic heterocycles. The molecule has 4 aliphatic rings. The lowest BCUT2D eigenvalue weighted by atomic mass is 9.57. The average molecular weight is 496 g/mol. The smallest absolute Gasteiger partial charge is 0.328 e. The number of phenols is 1. The Labute approximate surface area is 204 Å². The van der Waals surface area contributed by atoms with E-state index in [-0.39, 0.29) is 36.5 Å². The van der Waals surface area contributed by atoms with E-state index in [1.165, 1.54) is 0 Å². The molecule has 2 heterocycles. The minimum absolute atomic E-state index is 0.0138. The Hall–Kier alpha value is -4.22. The largest absolute Gasteiger partial charge is 0.504 e. The van der Waals surface area contributed by atoms with Gasteiger partial charge in [-0.1, -0.05) is 23.8 Å². The molecule has 36 heavy (non-hydrogen) atoms. The van der Waals surface area contributed by atoms with Gasteiger partial charge in [0.25, 0.3) is 0 Å². The van der Waals surface area contributed by atoms with Crippen LogP contribution in [-0.4, -0.2) is 57.2 Å². The number of hydrogen-bond donors (Lipinski definition) is 3. The van der Waals surface area contributed by atoms with Crippen molar-refractivity contribution >= 4 is 35.7 Å². The van der Waals surface area contributed by atoms with Gasteiger partial charge in [-0.15, -0.1) is 0 Å². The molecule has 188 valence electrons. The Kier molecular flexibility index (Phi) is 5.34. The number of nitrogens with zero attached hydrogens (tertiary/aromatic N) is 2. The number of aromatic hydroxyl groups is 1. The number of para-hydroxylation sites is 1. The SMILES string of the molecule is CCOc1cccc([C@H]2C3=CC[C@@H]4C(=O)N(C(N)=O)C(=O)[C@@H]4[C@@H]3C[C@H]3C(=O)N(C(N)=O)C(=O)[C@@H]23)c1O. The van der Waals surface area contributed by atoms with Gasteiger partial charge in [0.15, 0.2) is 11.5 Å². The molecule has 6 atom stereocenters. The lowest BCUT2D eigenvalue weighted by Gasteiger charge is -2.44. The third kappa shape index (κ3) is 3.06. The predicted molar refractivity (Wildman–Crippen MR) is 120 cm³/mol. The van der Waals surface area contributed by atoms with Gasteiger partial charge in [0, 0.05) is 11.5 Å². The highest BCUT2D eigenvalue weighted by molar-refractivity contribution is 6.18. The van der Waals surface area contributed by atoms with Crippen LogP contribution < -0.4 is 16.2 Å². The van der Waals surface area contributed by atoms with Crippen LogP contribution in [-0.2, 0) is 19.2 Å². The van der Waals surface area contributed by atoms with Crippen LogP contribution >= 0.6 is 0 Å². The Morgan fingerprint density at radius 3 is 2.17 bits per heavy atom. The van der Waals surface area contributed by atoms with Crippen molar-refractivity contribution in [2.24, 2.45) is 41.1 Å². The van der Waals surface area contributed by atoms with Crippen LogP contribution in [0.4, 0.5) is 9.59 Å². The molecule has 0 unspecified atom stereocenters. The van der Waals surface area contributed by atoms with Gasteiger partial charge in [0.1, 0.15) is 0 Å². The molecule has 2 aliphatic heterocycles.